The molecule has 0 aromatic rings. The van der Waals surface area contributed by atoms with Crippen LogP contribution in [0, 0.1) is 0 Å². The van der Waals surface area contributed by atoms with Gasteiger partial charge in [-0.3, -0.25) is 0 Å². The van der Waals surface area contributed by atoms with Crippen LogP contribution >= 0.6 is 24.0 Å². The lowest BCUT2D eigenvalue weighted by Gasteiger charge is -1.88. The summed E-state index contributed by atoms with van der Waals surface area (Å²) in [5.74, 6) is 0. The highest BCUT2D eigenvalue weighted by Gasteiger charge is 1.83. The maximum Gasteiger partial charge on any atom is 0.109 e. The Morgan fingerprint density at radius 3 is 1.62 bits per heavy atom. The summed E-state index contributed by atoms with van der Waals surface area (Å²) >= 11 is 0. The van der Waals surface area contributed by atoms with Crippen LogP contribution in [0.4, 0.5) is 0 Å². The first-order valence-electron chi connectivity index (χ1n) is 3.23. The second kappa shape index (κ2) is 10.7. The standard InChI is InChI=1S/C6H14B.HI/c1-3-5-7-6-4-2;/h3-6H2,1-2H3;1H. The van der Waals surface area contributed by atoms with E-state index in [4.69, 9.17) is 0 Å². The predicted molar refractivity (Wildman–Crippen MR) is 51.4 cm³/mol. The van der Waals surface area contributed by atoms with E-state index in [2.05, 4.69) is 21.1 Å². The summed E-state index contributed by atoms with van der Waals surface area (Å²) < 4.78 is 0. The third-order valence-corrected chi connectivity index (χ3v) is 0.986. The van der Waals surface area contributed by atoms with Crippen LogP contribution < -0.4 is 0 Å². The van der Waals surface area contributed by atoms with Crippen LogP contribution in [0.2, 0.25) is 12.6 Å². The summed E-state index contributed by atoms with van der Waals surface area (Å²) in [6.45, 7) is 4.43. The summed E-state index contributed by atoms with van der Waals surface area (Å²) in [5, 5.41) is 0. The average Bonchev–Trinajstić information content (AvgIpc) is 1.69. The van der Waals surface area contributed by atoms with E-state index in [1.807, 2.05) is 0 Å². The van der Waals surface area contributed by atoms with Gasteiger partial charge in [0.25, 0.3) is 0 Å². The smallest absolute Gasteiger partial charge is 0.107 e. The van der Waals surface area contributed by atoms with E-state index < -0.39 is 0 Å². The normalized spacial score (nSPS) is 7.75. The zero-order valence-corrected chi connectivity index (χ0v) is 8.14. The highest BCUT2D eigenvalue weighted by Crippen LogP contribution is 1.92. The molecular weight excluding hydrogens is 210 g/mol. The van der Waals surface area contributed by atoms with Crippen LogP contribution in [0.15, 0.2) is 0 Å². The van der Waals surface area contributed by atoms with Crippen molar-refractivity contribution in [3.63, 3.8) is 0 Å². The Kier molecular flexibility index (Phi) is 15.5. The molecule has 8 heavy (non-hydrogen) atoms. The molecular formula is C6H15BI. The molecule has 0 bridgehead atoms. The molecule has 0 amide bonds. The molecule has 0 atom stereocenters. The molecule has 2 heteroatoms. The second-order valence-electron chi connectivity index (χ2n) is 1.87. The molecule has 0 aromatic carbocycles. The Bertz CT molecular complexity index is 27.7. The zero-order valence-electron chi connectivity index (χ0n) is 5.81. The molecule has 1 radical (unpaired) electrons. The number of halogens is 1. The van der Waals surface area contributed by atoms with E-state index in [9.17, 15) is 0 Å². The van der Waals surface area contributed by atoms with Crippen molar-refractivity contribution < 1.29 is 0 Å². The van der Waals surface area contributed by atoms with Crippen LogP contribution in [0.3, 0.4) is 0 Å². The molecule has 0 N–H and O–H groups in total. The van der Waals surface area contributed by atoms with Gasteiger partial charge >= 0.3 is 0 Å². The van der Waals surface area contributed by atoms with E-state index in [-0.39, 0.29) is 24.0 Å². The van der Waals surface area contributed by atoms with Crippen molar-refractivity contribution in [2.24, 2.45) is 0 Å². The van der Waals surface area contributed by atoms with E-state index >= 15 is 0 Å². The maximum atomic E-state index is 2.36. The average molecular weight is 225 g/mol. The number of rotatable bonds is 4. The van der Waals surface area contributed by atoms with Crippen LogP contribution in [0.25, 0.3) is 0 Å². The topological polar surface area (TPSA) is 0 Å². The first kappa shape index (κ1) is 11.6. The van der Waals surface area contributed by atoms with E-state index in [0.29, 0.717) is 0 Å². The number of hydrogen-bond acceptors (Lipinski definition) is 0. The van der Waals surface area contributed by atoms with Gasteiger partial charge in [0.2, 0.25) is 0 Å². The molecule has 0 aliphatic rings. The van der Waals surface area contributed by atoms with Gasteiger partial charge in [-0.1, -0.05) is 39.3 Å². The lowest BCUT2D eigenvalue weighted by atomic mass is 9.69. The van der Waals surface area contributed by atoms with Gasteiger partial charge in [0.1, 0.15) is 7.28 Å². The van der Waals surface area contributed by atoms with Crippen LogP contribution in [0.1, 0.15) is 26.7 Å². The first-order valence-corrected chi connectivity index (χ1v) is 3.23. The van der Waals surface area contributed by atoms with Gasteiger partial charge in [-0.15, -0.1) is 24.0 Å². The van der Waals surface area contributed by atoms with Crippen molar-refractivity contribution in [3.05, 3.63) is 0 Å². The fraction of sp³-hybridized carbons (Fsp3) is 1.00. The van der Waals surface area contributed by atoms with E-state index in [1.165, 1.54) is 25.5 Å². The molecule has 0 saturated heterocycles. The fourth-order valence-electron chi connectivity index (χ4n) is 0.553. The van der Waals surface area contributed by atoms with Gasteiger partial charge in [-0.05, 0) is 0 Å². The van der Waals surface area contributed by atoms with Gasteiger partial charge < -0.3 is 0 Å². The minimum atomic E-state index is 0. The molecule has 0 aliphatic heterocycles. The molecule has 0 unspecified atom stereocenters. The minimum absolute atomic E-state index is 0. The summed E-state index contributed by atoms with van der Waals surface area (Å²) in [7, 11) is 2.36. The Labute approximate surface area is 70.7 Å². The van der Waals surface area contributed by atoms with Crippen molar-refractivity contribution >= 4 is 31.3 Å². The monoisotopic (exact) mass is 225 g/mol. The van der Waals surface area contributed by atoms with Crippen molar-refractivity contribution in [1.82, 2.24) is 0 Å². The third kappa shape index (κ3) is 9.92. The summed E-state index contributed by atoms with van der Waals surface area (Å²) in [4.78, 5) is 0. The molecule has 0 heterocycles. The highest BCUT2D eigenvalue weighted by atomic mass is 127. The summed E-state index contributed by atoms with van der Waals surface area (Å²) in [6.07, 6.45) is 5.21. The van der Waals surface area contributed by atoms with Crippen molar-refractivity contribution in [2.75, 3.05) is 0 Å². The Morgan fingerprint density at radius 1 is 1.00 bits per heavy atom. The molecule has 0 fully saturated rings. The van der Waals surface area contributed by atoms with E-state index in [0.717, 1.165) is 0 Å². The fourth-order valence-corrected chi connectivity index (χ4v) is 0.553. The van der Waals surface area contributed by atoms with Crippen molar-refractivity contribution in [2.45, 2.75) is 39.3 Å². The van der Waals surface area contributed by atoms with E-state index in [1.54, 1.807) is 0 Å². The minimum Gasteiger partial charge on any atom is -0.107 e. The molecule has 49 valence electrons. The highest BCUT2D eigenvalue weighted by molar-refractivity contribution is 14.0. The largest absolute Gasteiger partial charge is 0.109 e. The first-order chi connectivity index (χ1) is 3.41. The molecule has 0 saturated carbocycles. The maximum absolute atomic E-state index is 2.36. The lowest BCUT2D eigenvalue weighted by molar-refractivity contribution is 1.02. The summed E-state index contributed by atoms with van der Waals surface area (Å²) in [6, 6.07) is 0. The SMILES string of the molecule is CCC[B]CCC.I. The Hall–Kier alpha value is 0.795. The zero-order chi connectivity index (χ0) is 5.54. The van der Waals surface area contributed by atoms with Gasteiger partial charge in [-0.2, -0.15) is 0 Å². The number of hydrogen-bond donors (Lipinski definition) is 0. The predicted octanol–water partition coefficient (Wildman–Crippen LogP) is 2.97. The van der Waals surface area contributed by atoms with Gasteiger partial charge in [0.05, 0.1) is 0 Å². The quantitative estimate of drug-likeness (QED) is 0.392. The molecule has 0 nitrogen and oxygen atoms in total. The molecule has 0 aliphatic carbocycles. The third-order valence-electron chi connectivity index (χ3n) is 0.986. The van der Waals surface area contributed by atoms with Crippen LogP contribution in [-0.2, 0) is 0 Å². The molecule has 0 aromatic heterocycles. The Morgan fingerprint density at radius 2 is 1.38 bits per heavy atom. The second-order valence-corrected chi connectivity index (χ2v) is 1.87. The summed E-state index contributed by atoms with van der Waals surface area (Å²) in [5.41, 5.74) is 0. The van der Waals surface area contributed by atoms with Crippen LogP contribution in [-0.4, -0.2) is 7.28 Å². The molecule has 0 spiro atoms. The van der Waals surface area contributed by atoms with Crippen molar-refractivity contribution in [3.8, 4) is 0 Å². The van der Waals surface area contributed by atoms with Gasteiger partial charge in [0.15, 0.2) is 0 Å². The Balaban J connectivity index is 0. The molecule has 0 rings (SSSR count). The lowest BCUT2D eigenvalue weighted by Crippen LogP contribution is -1.84. The van der Waals surface area contributed by atoms with Gasteiger partial charge in [-0.25, -0.2) is 0 Å². The van der Waals surface area contributed by atoms with Gasteiger partial charge in [0, 0.05) is 0 Å². The van der Waals surface area contributed by atoms with Crippen molar-refractivity contribution in [1.29, 1.82) is 0 Å². The van der Waals surface area contributed by atoms with Crippen LogP contribution in [0.5, 0.6) is 0 Å².